The number of thioether (sulfide) groups is 1. The van der Waals surface area contributed by atoms with Crippen LogP contribution in [0.4, 0.5) is 0 Å². The fraction of sp³-hybridized carbons (Fsp3) is 0.444. The Morgan fingerprint density at radius 3 is 2.67 bits per heavy atom. The maximum atomic E-state index is 11.2. The highest BCUT2D eigenvalue weighted by Crippen LogP contribution is 2.21. The van der Waals surface area contributed by atoms with E-state index in [1.807, 2.05) is 0 Å². The average molecular weight is 230 g/mol. The fourth-order valence-corrected chi connectivity index (χ4v) is 1.76. The van der Waals surface area contributed by atoms with Gasteiger partial charge in [-0.3, -0.25) is 4.79 Å². The summed E-state index contributed by atoms with van der Waals surface area (Å²) < 4.78 is 8.85. The molecule has 0 saturated heterocycles. The zero-order chi connectivity index (χ0) is 11.4. The Balaban J connectivity index is 2.67. The molecular formula is C9H10O5S. The van der Waals surface area contributed by atoms with E-state index in [1.165, 1.54) is 18.9 Å². The smallest absolute Gasteiger partial charge is 0.342 e. The van der Waals surface area contributed by atoms with Crippen LogP contribution in [0.15, 0.2) is 11.6 Å². The minimum absolute atomic E-state index is 0.151. The van der Waals surface area contributed by atoms with Gasteiger partial charge in [-0.2, -0.15) is 0 Å². The molecular weight excluding hydrogens is 220 g/mol. The Labute approximate surface area is 90.8 Å². The van der Waals surface area contributed by atoms with Crippen molar-refractivity contribution in [1.29, 1.82) is 0 Å². The predicted molar refractivity (Wildman–Crippen MR) is 53.1 cm³/mol. The van der Waals surface area contributed by atoms with Gasteiger partial charge in [0.2, 0.25) is 0 Å². The van der Waals surface area contributed by atoms with Gasteiger partial charge in [-0.1, -0.05) is 0 Å². The maximum absolute atomic E-state index is 11.2. The van der Waals surface area contributed by atoms with Gasteiger partial charge in [0.15, 0.2) is 0 Å². The summed E-state index contributed by atoms with van der Waals surface area (Å²) in [5.41, 5.74) is 0.213. The second kappa shape index (κ2) is 4.97. The van der Waals surface area contributed by atoms with Crippen molar-refractivity contribution in [2.24, 2.45) is 0 Å². The van der Waals surface area contributed by atoms with E-state index in [1.54, 1.807) is 6.26 Å². The molecule has 1 atom stereocenters. The highest BCUT2D eigenvalue weighted by Gasteiger charge is 2.29. The lowest BCUT2D eigenvalue weighted by molar-refractivity contribution is -0.150. The van der Waals surface area contributed by atoms with Crippen molar-refractivity contribution >= 4 is 29.7 Å². The van der Waals surface area contributed by atoms with Crippen LogP contribution in [0.25, 0.3) is 0 Å². The Hall–Kier alpha value is -1.30. The summed E-state index contributed by atoms with van der Waals surface area (Å²) >= 11 is 1.26. The summed E-state index contributed by atoms with van der Waals surface area (Å²) in [6.45, 7) is 0. The molecule has 82 valence electrons. The number of hydrogen-bond donors (Lipinski definition) is 0. The maximum Gasteiger partial charge on any atom is 0.342 e. The molecule has 15 heavy (non-hydrogen) atoms. The SMILES string of the molecule is COC(=O)[C@@H](CC1=CC(=O)OC1=O)SC. The average Bonchev–Trinajstić information content (AvgIpc) is 2.52. The van der Waals surface area contributed by atoms with Crippen LogP contribution < -0.4 is 0 Å². The zero-order valence-corrected chi connectivity index (χ0v) is 9.13. The van der Waals surface area contributed by atoms with Crippen LogP contribution in [0.1, 0.15) is 6.42 Å². The highest BCUT2D eigenvalue weighted by molar-refractivity contribution is 7.99. The molecule has 5 nitrogen and oxygen atoms in total. The largest absolute Gasteiger partial charge is 0.468 e. The van der Waals surface area contributed by atoms with Crippen LogP contribution in [0.3, 0.4) is 0 Å². The molecule has 1 rings (SSSR count). The molecule has 1 aliphatic rings. The lowest BCUT2D eigenvalue weighted by atomic mass is 10.1. The van der Waals surface area contributed by atoms with Gasteiger partial charge in [0.1, 0.15) is 5.25 Å². The second-order valence-corrected chi connectivity index (χ2v) is 3.87. The summed E-state index contributed by atoms with van der Waals surface area (Å²) in [4.78, 5) is 33.0. The highest BCUT2D eigenvalue weighted by atomic mass is 32.2. The van der Waals surface area contributed by atoms with E-state index in [0.29, 0.717) is 0 Å². The van der Waals surface area contributed by atoms with Crippen LogP contribution in [0.2, 0.25) is 0 Å². The molecule has 0 aromatic rings. The molecule has 6 heteroatoms. The minimum atomic E-state index is -0.681. The first-order valence-corrected chi connectivity index (χ1v) is 5.44. The number of cyclic esters (lactones) is 2. The van der Waals surface area contributed by atoms with Gasteiger partial charge in [-0.05, 0) is 6.26 Å². The Morgan fingerprint density at radius 1 is 1.60 bits per heavy atom. The lowest BCUT2D eigenvalue weighted by Crippen LogP contribution is -2.20. The second-order valence-electron chi connectivity index (χ2n) is 2.83. The van der Waals surface area contributed by atoms with Gasteiger partial charge in [-0.25, -0.2) is 9.59 Å². The predicted octanol–water partition coefficient (Wildman–Crippen LogP) is 0.291. The molecule has 0 N–H and O–H groups in total. The summed E-state index contributed by atoms with van der Waals surface area (Å²) in [6, 6.07) is 0. The Morgan fingerprint density at radius 2 is 2.27 bits per heavy atom. The molecule has 0 unspecified atom stereocenters. The molecule has 0 fully saturated rings. The van der Waals surface area contributed by atoms with Crippen LogP contribution in [-0.4, -0.2) is 36.5 Å². The van der Waals surface area contributed by atoms with Crippen molar-refractivity contribution in [2.45, 2.75) is 11.7 Å². The van der Waals surface area contributed by atoms with E-state index in [9.17, 15) is 14.4 Å². The van der Waals surface area contributed by atoms with Crippen molar-refractivity contribution in [1.82, 2.24) is 0 Å². The van der Waals surface area contributed by atoms with E-state index in [2.05, 4.69) is 9.47 Å². The first kappa shape index (κ1) is 11.8. The third-order valence-corrected chi connectivity index (χ3v) is 2.83. The zero-order valence-electron chi connectivity index (χ0n) is 8.31. The van der Waals surface area contributed by atoms with Crippen LogP contribution in [0, 0.1) is 0 Å². The van der Waals surface area contributed by atoms with E-state index in [4.69, 9.17) is 0 Å². The normalized spacial score (nSPS) is 17.1. The monoisotopic (exact) mass is 230 g/mol. The van der Waals surface area contributed by atoms with E-state index < -0.39 is 23.2 Å². The van der Waals surface area contributed by atoms with Crippen molar-refractivity contribution < 1.29 is 23.9 Å². The Kier molecular flexibility index (Phi) is 3.90. The minimum Gasteiger partial charge on any atom is -0.468 e. The summed E-state index contributed by atoms with van der Waals surface area (Å²) in [7, 11) is 1.28. The van der Waals surface area contributed by atoms with Crippen LogP contribution in [-0.2, 0) is 23.9 Å². The summed E-state index contributed by atoms with van der Waals surface area (Å²) in [5.74, 6) is -1.78. The first-order valence-electron chi connectivity index (χ1n) is 4.15. The van der Waals surface area contributed by atoms with E-state index in [0.717, 1.165) is 6.08 Å². The van der Waals surface area contributed by atoms with Crippen LogP contribution in [0.5, 0.6) is 0 Å². The standard InChI is InChI=1S/C9H10O5S/c1-13-9(12)6(15-2)3-5-4-7(10)14-8(5)11/h4,6H,3H2,1-2H3/t6-/m1/s1. The molecule has 0 aliphatic carbocycles. The third kappa shape index (κ3) is 2.82. The molecule has 0 aromatic carbocycles. The van der Waals surface area contributed by atoms with Gasteiger partial charge in [0.05, 0.1) is 7.11 Å². The molecule has 0 radical (unpaired) electrons. The molecule has 1 heterocycles. The number of ether oxygens (including phenoxy) is 2. The van der Waals surface area contributed by atoms with Gasteiger partial charge < -0.3 is 9.47 Å². The Bertz CT molecular complexity index is 333. The van der Waals surface area contributed by atoms with E-state index in [-0.39, 0.29) is 12.0 Å². The summed E-state index contributed by atoms with van der Waals surface area (Å²) in [5, 5.41) is -0.486. The van der Waals surface area contributed by atoms with Gasteiger partial charge in [0.25, 0.3) is 0 Å². The van der Waals surface area contributed by atoms with Gasteiger partial charge in [0, 0.05) is 18.1 Å². The molecule has 1 aliphatic heterocycles. The molecule has 0 bridgehead atoms. The van der Waals surface area contributed by atoms with Crippen molar-refractivity contribution in [2.75, 3.05) is 13.4 Å². The molecule has 0 aromatic heterocycles. The third-order valence-electron chi connectivity index (χ3n) is 1.90. The number of rotatable bonds is 4. The number of esters is 3. The van der Waals surface area contributed by atoms with Crippen molar-refractivity contribution in [3.8, 4) is 0 Å². The molecule has 0 saturated carbocycles. The number of hydrogen-bond acceptors (Lipinski definition) is 6. The fourth-order valence-electron chi connectivity index (χ4n) is 1.12. The van der Waals surface area contributed by atoms with Crippen molar-refractivity contribution in [3.63, 3.8) is 0 Å². The summed E-state index contributed by atoms with van der Waals surface area (Å²) in [6.07, 6.45) is 2.98. The molecule has 0 spiro atoms. The lowest BCUT2D eigenvalue weighted by Gasteiger charge is -2.10. The van der Waals surface area contributed by atoms with Gasteiger partial charge >= 0.3 is 17.9 Å². The topological polar surface area (TPSA) is 69.7 Å². The first-order chi connectivity index (χ1) is 7.08. The number of carbonyl (C=O) groups is 3. The molecule has 0 amide bonds. The van der Waals surface area contributed by atoms with Gasteiger partial charge in [-0.15, -0.1) is 11.8 Å². The number of carbonyl (C=O) groups excluding carboxylic acids is 3. The van der Waals surface area contributed by atoms with Crippen LogP contribution >= 0.6 is 11.8 Å². The van der Waals surface area contributed by atoms with E-state index >= 15 is 0 Å². The quantitative estimate of drug-likeness (QED) is 0.510. The van der Waals surface area contributed by atoms with Crippen molar-refractivity contribution in [3.05, 3.63) is 11.6 Å². The number of methoxy groups -OCH3 is 1.